The molecule has 0 aromatic heterocycles. The molecule has 3 aliphatic rings. The van der Waals surface area contributed by atoms with E-state index in [0.717, 1.165) is 12.0 Å². The van der Waals surface area contributed by atoms with Gasteiger partial charge in [-0.25, -0.2) is 0 Å². The highest BCUT2D eigenvalue weighted by Gasteiger charge is 2.46. The van der Waals surface area contributed by atoms with Crippen molar-refractivity contribution in [1.82, 2.24) is 0 Å². The summed E-state index contributed by atoms with van der Waals surface area (Å²) in [5.74, 6) is 0.235. The van der Waals surface area contributed by atoms with Gasteiger partial charge in [0, 0.05) is 12.3 Å². The molecule has 0 saturated carbocycles. The molecule has 1 heteroatoms. The van der Waals surface area contributed by atoms with Gasteiger partial charge in [0.25, 0.3) is 0 Å². The highest BCUT2D eigenvalue weighted by atomic mass is 16.3. The van der Waals surface area contributed by atoms with Crippen molar-refractivity contribution in [2.45, 2.75) is 39.7 Å². The van der Waals surface area contributed by atoms with Crippen LogP contribution in [-0.4, -0.2) is 5.11 Å². The molecule has 0 saturated heterocycles. The Morgan fingerprint density at radius 3 is 2.62 bits per heavy atom. The lowest BCUT2D eigenvalue weighted by molar-refractivity contribution is -0.00886. The van der Waals surface area contributed by atoms with Crippen LogP contribution in [0.3, 0.4) is 0 Å². The highest BCUT2D eigenvalue weighted by Crippen LogP contribution is 2.51. The molecule has 0 heterocycles. The molecule has 4 bridgehead atoms. The first-order chi connectivity index (χ1) is 7.47. The van der Waals surface area contributed by atoms with E-state index in [2.05, 4.69) is 39.8 Å². The minimum Gasteiger partial charge on any atom is -0.384 e. The lowest BCUT2D eigenvalue weighted by Crippen LogP contribution is -2.43. The van der Waals surface area contributed by atoms with E-state index < -0.39 is 5.60 Å². The Labute approximate surface area is 96.8 Å². The second kappa shape index (κ2) is 2.78. The van der Waals surface area contributed by atoms with Crippen molar-refractivity contribution >= 4 is 5.57 Å². The van der Waals surface area contributed by atoms with E-state index in [9.17, 15) is 5.11 Å². The number of hydrogen-bond donors (Lipinski definition) is 1. The van der Waals surface area contributed by atoms with Gasteiger partial charge in [0.15, 0.2) is 0 Å². The lowest BCUT2D eigenvalue weighted by atomic mass is 9.62. The third-order valence-electron chi connectivity index (χ3n) is 4.84. The van der Waals surface area contributed by atoms with Crippen LogP contribution < -0.4 is 0 Å². The maximum Gasteiger partial charge on any atom is 0.100 e. The summed E-state index contributed by atoms with van der Waals surface area (Å²) in [6.45, 7) is 8.67. The summed E-state index contributed by atoms with van der Waals surface area (Å²) >= 11 is 0. The number of fused-ring (bicyclic) bond motifs is 1. The van der Waals surface area contributed by atoms with Crippen molar-refractivity contribution < 1.29 is 5.11 Å². The van der Waals surface area contributed by atoms with E-state index in [1.165, 1.54) is 27.8 Å². The lowest BCUT2D eigenvalue weighted by Gasteiger charge is -2.46. The van der Waals surface area contributed by atoms with Gasteiger partial charge in [-0.15, -0.1) is 0 Å². The van der Waals surface area contributed by atoms with E-state index in [0.29, 0.717) is 0 Å². The molecule has 3 aliphatic carbocycles. The summed E-state index contributed by atoms with van der Waals surface area (Å²) in [4.78, 5) is 0. The maximum absolute atomic E-state index is 10.9. The molecular weight excluding hydrogens is 196 g/mol. The molecule has 1 aromatic rings. The Kier molecular flexibility index (Phi) is 1.75. The standard InChI is InChI=1S/C15H18O/c1-8-9(2)14-10(3)12-5-6-13(14)15(16,7-12)11(8)4/h5-6,11,16H,7H2,1-4H3. The van der Waals surface area contributed by atoms with E-state index in [1.807, 2.05) is 0 Å². The molecule has 1 aromatic carbocycles. The Hall–Kier alpha value is -1.08. The summed E-state index contributed by atoms with van der Waals surface area (Å²) in [6, 6.07) is 4.29. The normalized spacial score (nSPS) is 31.2. The predicted octanol–water partition coefficient (Wildman–Crippen LogP) is 3.18. The second-order valence-corrected chi connectivity index (χ2v) is 5.40. The average Bonchev–Trinajstić information content (AvgIpc) is 2.27. The third kappa shape index (κ3) is 0.910. The van der Waals surface area contributed by atoms with Gasteiger partial charge < -0.3 is 5.11 Å². The average molecular weight is 214 g/mol. The maximum atomic E-state index is 10.9. The summed E-state index contributed by atoms with van der Waals surface area (Å²) in [6.07, 6.45) is 0.792. The SMILES string of the molecule is CC1=C(C)C(C)C2(O)Cc3ccc2c1c3C. The minimum atomic E-state index is -0.636. The topological polar surface area (TPSA) is 20.2 Å². The molecule has 0 aliphatic heterocycles. The molecule has 0 amide bonds. The zero-order chi connectivity index (χ0) is 11.7. The Morgan fingerprint density at radius 2 is 1.94 bits per heavy atom. The monoisotopic (exact) mass is 214 g/mol. The van der Waals surface area contributed by atoms with Gasteiger partial charge in [-0.05, 0) is 48.6 Å². The van der Waals surface area contributed by atoms with E-state index in [4.69, 9.17) is 0 Å². The number of benzene rings is 1. The predicted molar refractivity (Wildman–Crippen MR) is 66.2 cm³/mol. The molecule has 2 unspecified atom stereocenters. The van der Waals surface area contributed by atoms with Crippen molar-refractivity contribution in [3.63, 3.8) is 0 Å². The van der Waals surface area contributed by atoms with Crippen LogP contribution in [0.1, 0.15) is 43.0 Å². The van der Waals surface area contributed by atoms with E-state index in [1.54, 1.807) is 0 Å². The Bertz CT molecular complexity index is 524. The highest BCUT2D eigenvalue weighted by molar-refractivity contribution is 5.78. The zero-order valence-corrected chi connectivity index (χ0v) is 10.4. The first kappa shape index (κ1) is 10.1. The Morgan fingerprint density at radius 1 is 1.25 bits per heavy atom. The summed E-state index contributed by atoms with van der Waals surface area (Å²) in [5, 5.41) is 10.9. The van der Waals surface area contributed by atoms with Crippen LogP contribution in [0.15, 0.2) is 17.7 Å². The number of rotatable bonds is 0. The first-order valence-corrected chi connectivity index (χ1v) is 6.00. The van der Waals surface area contributed by atoms with Crippen molar-refractivity contribution in [1.29, 1.82) is 0 Å². The first-order valence-electron chi connectivity index (χ1n) is 6.00. The molecule has 0 radical (unpaired) electrons. The molecule has 2 atom stereocenters. The van der Waals surface area contributed by atoms with Crippen molar-refractivity contribution in [3.05, 3.63) is 40.0 Å². The fourth-order valence-electron chi connectivity index (χ4n) is 3.44. The van der Waals surface area contributed by atoms with Gasteiger partial charge in [-0.2, -0.15) is 0 Å². The van der Waals surface area contributed by atoms with Gasteiger partial charge in [0.05, 0.1) is 0 Å². The second-order valence-electron chi connectivity index (χ2n) is 5.40. The molecule has 1 N–H and O–H groups in total. The quantitative estimate of drug-likeness (QED) is 0.703. The number of allylic oxidation sites excluding steroid dienone is 1. The van der Waals surface area contributed by atoms with Crippen LogP contribution >= 0.6 is 0 Å². The van der Waals surface area contributed by atoms with Gasteiger partial charge in [0.2, 0.25) is 0 Å². The van der Waals surface area contributed by atoms with Crippen LogP contribution in [0, 0.1) is 12.8 Å². The van der Waals surface area contributed by atoms with Crippen LogP contribution in [0.25, 0.3) is 5.57 Å². The molecule has 1 nitrogen and oxygen atoms in total. The molecule has 0 spiro atoms. The largest absolute Gasteiger partial charge is 0.384 e. The van der Waals surface area contributed by atoms with Gasteiger partial charge in [0.1, 0.15) is 5.60 Å². The number of aliphatic hydroxyl groups is 1. The van der Waals surface area contributed by atoms with Crippen LogP contribution in [0.4, 0.5) is 0 Å². The molecular formula is C15H18O. The zero-order valence-electron chi connectivity index (χ0n) is 10.4. The summed E-state index contributed by atoms with van der Waals surface area (Å²) < 4.78 is 0. The molecule has 84 valence electrons. The van der Waals surface area contributed by atoms with Crippen LogP contribution in [0.2, 0.25) is 0 Å². The van der Waals surface area contributed by atoms with Gasteiger partial charge in [-0.3, -0.25) is 0 Å². The smallest absolute Gasteiger partial charge is 0.100 e. The fourth-order valence-corrected chi connectivity index (χ4v) is 3.44. The van der Waals surface area contributed by atoms with E-state index in [-0.39, 0.29) is 5.92 Å². The summed E-state index contributed by atoms with van der Waals surface area (Å²) in [7, 11) is 0. The summed E-state index contributed by atoms with van der Waals surface area (Å²) in [5.41, 5.74) is 7.21. The van der Waals surface area contributed by atoms with Crippen molar-refractivity contribution in [2.75, 3.05) is 0 Å². The minimum absolute atomic E-state index is 0.235. The Balaban J connectivity index is 2.44. The molecule has 0 fully saturated rings. The molecule has 16 heavy (non-hydrogen) atoms. The number of hydrogen-bond acceptors (Lipinski definition) is 1. The van der Waals surface area contributed by atoms with Gasteiger partial charge in [-0.1, -0.05) is 24.6 Å². The van der Waals surface area contributed by atoms with E-state index >= 15 is 0 Å². The van der Waals surface area contributed by atoms with Crippen LogP contribution in [0.5, 0.6) is 0 Å². The van der Waals surface area contributed by atoms with Crippen molar-refractivity contribution in [2.24, 2.45) is 5.92 Å². The van der Waals surface area contributed by atoms with Crippen LogP contribution in [-0.2, 0) is 12.0 Å². The fraction of sp³-hybridized carbons (Fsp3) is 0.467. The van der Waals surface area contributed by atoms with Gasteiger partial charge >= 0.3 is 0 Å². The third-order valence-corrected chi connectivity index (χ3v) is 4.84. The van der Waals surface area contributed by atoms with Crippen molar-refractivity contribution in [3.8, 4) is 0 Å². The molecule has 4 rings (SSSR count).